The molecule has 1 aliphatic heterocycles. The van der Waals surface area contributed by atoms with E-state index in [-0.39, 0.29) is 5.91 Å². The van der Waals surface area contributed by atoms with E-state index in [1.165, 1.54) is 23.1 Å². The zero-order valence-electron chi connectivity index (χ0n) is 14.9. The van der Waals surface area contributed by atoms with Gasteiger partial charge in [0, 0.05) is 35.6 Å². The molecular formula is C23H19N3O. The van der Waals surface area contributed by atoms with Gasteiger partial charge in [0.2, 0.25) is 0 Å². The lowest BCUT2D eigenvalue weighted by Crippen LogP contribution is -2.12. The van der Waals surface area contributed by atoms with Gasteiger partial charge >= 0.3 is 0 Å². The van der Waals surface area contributed by atoms with Crippen molar-refractivity contribution in [1.82, 2.24) is 4.98 Å². The van der Waals surface area contributed by atoms with Gasteiger partial charge in [0.15, 0.2) is 0 Å². The number of aliphatic imine (C=N–C) groups is 1. The fourth-order valence-corrected chi connectivity index (χ4v) is 3.88. The smallest absolute Gasteiger partial charge is 0.255 e. The highest BCUT2D eigenvalue weighted by Crippen LogP contribution is 2.31. The minimum Gasteiger partial charge on any atom is -0.322 e. The zero-order valence-corrected chi connectivity index (χ0v) is 14.9. The third-order valence-electron chi connectivity index (χ3n) is 5.31. The summed E-state index contributed by atoms with van der Waals surface area (Å²) in [5, 5.41) is 3.01. The first-order valence-electron chi connectivity index (χ1n) is 9.30. The van der Waals surface area contributed by atoms with Gasteiger partial charge in [0.25, 0.3) is 5.91 Å². The molecule has 0 unspecified atom stereocenters. The van der Waals surface area contributed by atoms with Crippen molar-refractivity contribution in [2.24, 2.45) is 4.99 Å². The normalized spacial score (nSPS) is 14.4. The van der Waals surface area contributed by atoms with E-state index in [4.69, 9.17) is 4.99 Å². The van der Waals surface area contributed by atoms with Crippen LogP contribution >= 0.6 is 0 Å². The standard InChI is InChI=1S/C23H19N3O/c27-23(18-7-6-15-3-1-4-16(15)11-18)25-20-9-8-17-12-21(26-22(17)13-20)19-5-2-10-24-14-19/h2,5-11,13-14H,1,3-4,12H2,(H,25,27). The molecule has 0 fully saturated rings. The van der Waals surface area contributed by atoms with Gasteiger partial charge in [-0.1, -0.05) is 18.2 Å². The van der Waals surface area contributed by atoms with Gasteiger partial charge in [0.05, 0.1) is 11.4 Å². The predicted octanol–water partition coefficient (Wildman–Crippen LogP) is 4.50. The Labute approximate surface area is 158 Å². The highest BCUT2D eigenvalue weighted by atomic mass is 16.1. The van der Waals surface area contributed by atoms with Gasteiger partial charge in [-0.05, 0) is 66.3 Å². The second kappa shape index (κ2) is 6.47. The molecule has 4 heteroatoms. The van der Waals surface area contributed by atoms with E-state index in [2.05, 4.69) is 16.4 Å². The largest absolute Gasteiger partial charge is 0.322 e. The number of fused-ring (bicyclic) bond motifs is 2. The van der Waals surface area contributed by atoms with Crippen molar-refractivity contribution in [3.8, 4) is 0 Å². The summed E-state index contributed by atoms with van der Waals surface area (Å²) in [7, 11) is 0. The summed E-state index contributed by atoms with van der Waals surface area (Å²) in [5.41, 5.74) is 8.32. The first kappa shape index (κ1) is 15.9. The van der Waals surface area contributed by atoms with E-state index in [1.807, 2.05) is 48.7 Å². The Balaban J connectivity index is 1.37. The first-order valence-corrected chi connectivity index (χ1v) is 9.30. The van der Waals surface area contributed by atoms with Gasteiger partial charge in [-0.25, -0.2) is 0 Å². The Bertz CT molecular complexity index is 1070. The van der Waals surface area contributed by atoms with E-state index in [1.54, 1.807) is 6.20 Å². The van der Waals surface area contributed by atoms with Crippen LogP contribution in [-0.2, 0) is 19.3 Å². The number of rotatable bonds is 3. The molecule has 1 N–H and O–H groups in total. The maximum atomic E-state index is 12.6. The van der Waals surface area contributed by atoms with Gasteiger partial charge in [-0.3, -0.25) is 14.8 Å². The second-order valence-corrected chi connectivity index (χ2v) is 7.11. The molecule has 27 heavy (non-hydrogen) atoms. The van der Waals surface area contributed by atoms with Gasteiger partial charge in [-0.2, -0.15) is 0 Å². The van der Waals surface area contributed by atoms with Crippen LogP contribution < -0.4 is 5.32 Å². The van der Waals surface area contributed by atoms with Crippen LogP contribution in [0, 0.1) is 0 Å². The Kier molecular flexibility index (Phi) is 3.82. The number of nitrogens with zero attached hydrogens (tertiary/aromatic N) is 2. The molecule has 3 aromatic rings. The topological polar surface area (TPSA) is 54.4 Å². The number of amides is 1. The first-order chi connectivity index (χ1) is 13.3. The predicted molar refractivity (Wildman–Crippen MR) is 107 cm³/mol. The average molecular weight is 353 g/mol. The number of pyridine rings is 1. The lowest BCUT2D eigenvalue weighted by atomic mass is 10.0. The van der Waals surface area contributed by atoms with E-state index in [9.17, 15) is 4.79 Å². The Morgan fingerprint density at radius 2 is 1.85 bits per heavy atom. The van der Waals surface area contributed by atoms with Crippen molar-refractivity contribution in [1.29, 1.82) is 0 Å². The molecule has 0 bridgehead atoms. The SMILES string of the molecule is O=C(Nc1ccc2c(c1)N=C(c1cccnc1)C2)c1ccc2c(c1)CCC2. The molecule has 0 saturated carbocycles. The van der Waals surface area contributed by atoms with Crippen LogP contribution in [0.15, 0.2) is 65.9 Å². The van der Waals surface area contributed by atoms with Crippen LogP contribution in [0.25, 0.3) is 0 Å². The van der Waals surface area contributed by atoms with E-state index < -0.39 is 0 Å². The summed E-state index contributed by atoms with van der Waals surface area (Å²) in [6.07, 6.45) is 7.77. The molecule has 4 nitrogen and oxygen atoms in total. The van der Waals surface area contributed by atoms with Crippen LogP contribution in [0.4, 0.5) is 11.4 Å². The highest BCUT2D eigenvalue weighted by molar-refractivity contribution is 6.07. The van der Waals surface area contributed by atoms with E-state index in [0.29, 0.717) is 0 Å². The molecular weight excluding hydrogens is 334 g/mol. The minimum absolute atomic E-state index is 0.0703. The Morgan fingerprint density at radius 3 is 2.74 bits per heavy atom. The summed E-state index contributed by atoms with van der Waals surface area (Å²) in [6.45, 7) is 0. The molecule has 2 aromatic carbocycles. The molecule has 2 aliphatic rings. The molecule has 1 amide bonds. The van der Waals surface area contributed by atoms with Crippen molar-refractivity contribution in [2.45, 2.75) is 25.7 Å². The van der Waals surface area contributed by atoms with Gasteiger partial charge < -0.3 is 5.32 Å². The maximum absolute atomic E-state index is 12.6. The lowest BCUT2D eigenvalue weighted by Gasteiger charge is -2.08. The van der Waals surface area contributed by atoms with Crippen LogP contribution in [0.3, 0.4) is 0 Å². The van der Waals surface area contributed by atoms with Crippen LogP contribution in [0.1, 0.15) is 39.0 Å². The highest BCUT2D eigenvalue weighted by Gasteiger charge is 2.18. The lowest BCUT2D eigenvalue weighted by molar-refractivity contribution is 0.102. The monoisotopic (exact) mass is 353 g/mol. The number of anilines is 1. The third-order valence-corrected chi connectivity index (χ3v) is 5.31. The molecule has 0 saturated heterocycles. The summed E-state index contributed by atoms with van der Waals surface area (Å²) in [6, 6.07) is 15.9. The van der Waals surface area contributed by atoms with Crippen molar-refractivity contribution in [2.75, 3.05) is 5.32 Å². The van der Waals surface area contributed by atoms with E-state index >= 15 is 0 Å². The average Bonchev–Trinajstić information content (AvgIpc) is 3.34. The number of hydrogen-bond acceptors (Lipinski definition) is 3. The number of benzene rings is 2. The number of aryl methyl sites for hydroxylation is 2. The number of hydrogen-bond donors (Lipinski definition) is 1. The Hall–Kier alpha value is -3.27. The zero-order chi connectivity index (χ0) is 18.2. The van der Waals surface area contributed by atoms with Gasteiger partial charge in [0.1, 0.15) is 0 Å². The molecule has 0 spiro atoms. The molecule has 0 radical (unpaired) electrons. The minimum atomic E-state index is -0.0703. The number of carbonyl (C=O) groups excluding carboxylic acids is 1. The molecule has 0 atom stereocenters. The molecule has 132 valence electrons. The van der Waals surface area contributed by atoms with Crippen LogP contribution in [0.2, 0.25) is 0 Å². The van der Waals surface area contributed by atoms with Crippen molar-refractivity contribution in [3.63, 3.8) is 0 Å². The summed E-state index contributed by atoms with van der Waals surface area (Å²) in [4.78, 5) is 21.5. The van der Waals surface area contributed by atoms with Crippen LogP contribution in [0.5, 0.6) is 0 Å². The molecule has 5 rings (SSSR count). The number of carbonyl (C=O) groups is 1. The maximum Gasteiger partial charge on any atom is 0.255 e. The summed E-state index contributed by atoms with van der Waals surface area (Å²) in [5.74, 6) is -0.0703. The third kappa shape index (κ3) is 3.04. The quantitative estimate of drug-likeness (QED) is 0.754. The van der Waals surface area contributed by atoms with Crippen LogP contribution in [-0.4, -0.2) is 16.6 Å². The molecule has 1 aromatic heterocycles. The molecule has 2 heterocycles. The van der Waals surface area contributed by atoms with Crippen molar-refractivity contribution < 1.29 is 4.79 Å². The van der Waals surface area contributed by atoms with Crippen molar-refractivity contribution >= 4 is 23.0 Å². The van der Waals surface area contributed by atoms with E-state index in [0.717, 1.165) is 47.5 Å². The summed E-state index contributed by atoms with van der Waals surface area (Å²) >= 11 is 0. The second-order valence-electron chi connectivity index (χ2n) is 7.11. The molecule has 1 aliphatic carbocycles. The number of nitrogens with one attached hydrogen (secondary N) is 1. The summed E-state index contributed by atoms with van der Waals surface area (Å²) < 4.78 is 0. The number of aromatic nitrogens is 1. The van der Waals surface area contributed by atoms with Gasteiger partial charge in [-0.15, -0.1) is 0 Å². The fraction of sp³-hybridized carbons (Fsp3) is 0.174. The Morgan fingerprint density at radius 1 is 0.963 bits per heavy atom. The van der Waals surface area contributed by atoms with Crippen molar-refractivity contribution in [3.05, 3.63) is 88.7 Å². The fourth-order valence-electron chi connectivity index (χ4n) is 3.88.